The lowest BCUT2D eigenvalue weighted by molar-refractivity contribution is -0.121. The van der Waals surface area contributed by atoms with Crippen molar-refractivity contribution in [3.63, 3.8) is 0 Å². The molecule has 0 saturated carbocycles. The van der Waals surface area contributed by atoms with Gasteiger partial charge in [-0.1, -0.05) is 15.9 Å². The fraction of sp³-hybridized carbons (Fsp3) is 0.364. The van der Waals surface area contributed by atoms with E-state index >= 15 is 0 Å². The van der Waals surface area contributed by atoms with Gasteiger partial charge in [0, 0.05) is 11.0 Å². The van der Waals surface area contributed by atoms with Gasteiger partial charge in [0.2, 0.25) is 5.91 Å². The molecule has 1 unspecified atom stereocenters. The van der Waals surface area contributed by atoms with Crippen LogP contribution < -0.4 is 16.4 Å². The van der Waals surface area contributed by atoms with Gasteiger partial charge >= 0.3 is 0 Å². The Kier molecular flexibility index (Phi) is 4.61. The molecule has 1 atom stereocenters. The van der Waals surface area contributed by atoms with Crippen LogP contribution in [0.4, 0.5) is 11.4 Å². The summed E-state index contributed by atoms with van der Waals surface area (Å²) in [4.78, 5) is 11.5. The standard InChI is InChI=1S/C11H16BrN3O/c1-3-14-11(16)7(2)15-10-5-4-8(12)6-9(10)13/h4-7,15H,3,13H2,1-2H3,(H,14,16). The van der Waals surface area contributed by atoms with Crippen molar-refractivity contribution in [2.75, 3.05) is 17.6 Å². The molecule has 0 aliphatic heterocycles. The van der Waals surface area contributed by atoms with Crippen molar-refractivity contribution in [3.05, 3.63) is 22.7 Å². The zero-order valence-electron chi connectivity index (χ0n) is 9.38. The fourth-order valence-corrected chi connectivity index (χ4v) is 1.67. The Morgan fingerprint density at radius 1 is 1.56 bits per heavy atom. The van der Waals surface area contributed by atoms with Crippen LogP contribution in [0.5, 0.6) is 0 Å². The molecule has 1 aromatic rings. The van der Waals surface area contributed by atoms with Crippen LogP contribution >= 0.6 is 15.9 Å². The number of amides is 1. The summed E-state index contributed by atoms with van der Waals surface area (Å²) in [6.45, 7) is 4.31. The van der Waals surface area contributed by atoms with E-state index in [2.05, 4.69) is 26.6 Å². The first-order valence-electron chi connectivity index (χ1n) is 5.14. The first-order valence-corrected chi connectivity index (χ1v) is 5.93. The molecule has 16 heavy (non-hydrogen) atoms. The van der Waals surface area contributed by atoms with Crippen LogP contribution in [-0.2, 0) is 4.79 Å². The van der Waals surface area contributed by atoms with Gasteiger partial charge in [-0.3, -0.25) is 4.79 Å². The minimum atomic E-state index is -0.302. The van der Waals surface area contributed by atoms with Gasteiger partial charge in [0.1, 0.15) is 6.04 Å². The fourth-order valence-electron chi connectivity index (χ4n) is 1.29. The largest absolute Gasteiger partial charge is 0.397 e. The Bertz CT molecular complexity index is 381. The number of halogens is 1. The molecule has 0 fully saturated rings. The van der Waals surface area contributed by atoms with Gasteiger partial charge in [-0.15, -0.1) is 0 Å². The summed E-state index contributed by atoms with van der Waals surface area (Å²) >= 11 is 3.33. The van der Waals surface area contributed by atoms with Crippen LogP contribution in [0.25, 0.3) is 0 Å². The Labute approximate surface area is 104 Å². The van der Waals surface area contributed by atoms with Crippen molar-refractivity contribution >= 4 is 33.2 Å². The van der Waals surface area contributed by atoms with E-state index in [0.717, 1.165) is 10.2 Å². The lowest BCUT2D eigenvalue weighted by Crippen LogP contribution is -2.37. The Hall–Kier alpha value is -1.23. The van der Waals surface area contributed by atoms with Crippen LogP contribution in [-0.4, -0.2) is 18.5 Å². The molecular weight excluding hydrogens is 270 g/mol. The SMILES string of the molecule is CCNC(=O)C(C)Nc1ccc(Br)cc1N. The highest BCUT2D eigenvalue weighted by Crippen LogP contribution is 2.23. The topological polar surface area (TPSA) is 67.2 Å². The van der Waals surface area contributed by atoms with Gasteiger partial charge < -0.3 is 16.4 Å². The highest BCUT2D eigenvalue weighted by atomic mass is 79.9. The van der Waals surface area contributed by atoms with Crippen molar-refractivity contribution in [1.29, 1.82) is 0 Å². The Morgan fingerprint density at radius 2 is 2.25 bits per heavy atom. The molecule has 4 nitrogen and oxygen atoms in total. The molecule has 0 heterocycles. The van der Waals surface area contributed by atoms with Gasteiger partial charge in [-0.05, 0) is 32.0 Å². The molecule has 0 saturated heterocycles. The van der Waals surface area contributed by atoms with E-state index in [9.17, 15) is 4.79 Å². The molecular formula is C11H16BrN3O. The maximum Gasteiger partial charge on any atom is 0.242 e. The van der Waals surface area contributed by atoms with Gasteiger partial charge in [0.05, 0.1) is 11.4 Å². The average Bonchev–Trinajstić information content (AvgIpc) is 2.22. The number of likely N-dealkylation sites (N-methyl/N-ethyl adjacent to an activating group) is 1. The Morgan fingerprint density at radius 3 is 2.81 bits per heavy atom. The van der Waals surface area contributed by atoms with Crippen molar-refractivity contribution in [1.82, 2.24) is 5.32 Å². The number of benzene rings is 1. The second-order valence-corrected chi connectivity index (χ2v) is 4.41. The summed E-state index contributed by atoms with van der Waals surface area (Å²) in [7, 11) is 0. The first kappa shape index (κ1) is 12.8. The molecule has 0 spiro atoms. The van der Waals surface area contributed by atoms with Gasteiger partial charge in [-0.2, -0.15) is 0 Å². The van der Waals surface area contributed by atoms with Crippen LogP contribution in [0.2, 0.25) is 0 Å². The van der Waals surface area contributed by atoms with Gasteiger partial charge in [0.25, 0.3) is 0 Å². The minimum absolute atomic E-state index is 0.0372. The highest BCUT2D eigenvalue weighted by molar-refractivity contribution is 9.10. The molecule has 1 aromatic carbocycles. The normalized spacial score (nSPS) is 11.9. The molecule has 1 amide bonds. The van der Waals surface area contributed by atoms with Crippen LogP contribution in [0.1, 0.15) is 13.8 Å². The second-order valence-electron chi connectivity index (χ2n) is 3.49. The van der Waals surface area contributed by atoms with Crippen LogP contribution in [0.15, 0.2) is 22.7 Å². The third kappa shape index (κ3) is 3.41. The smallest absolute Gasteiger partial charge is 0.242 e. The van der Waals surface area contributed by atoms with E-state index in [1.165, 1.54) is 0 Å². The minimum Gasteiger partial charge on any atom is -0.397 e. The number of hydrogen-bond donors (Lipinski definition) is 3. The zero-order valence-corrected chi connectivity index (χ0v) is 11.0. The number of anilines is 2. The van der Waals surface area contributed by atoms with E-state index in [-0.39, 0.29) is 11.9 Å². The zero-order chi connectivity index (χ0) is 12.1. The van der Waals surface area contributed by atoms with Crippen molar-refractivity contribution in [2.45, 2.75) is 19.9 Å². The monoisotopic (exact) mass is 285 g/mol. The van der Waals surface area contributed by atoms with E-state index in [1.807, 2.05) is 19.1 Å². The van der Waals surface area contributed by atoms with Gasteiger partial charge in [0.15, 0.2) is 0 Å². The molecule has 0 aliphatic rings. The quantitative estimate of drug-likeness (QED) is 0.741. The van der Waals surface area contributed by atoms with Crippen LogP contribution in [0, 0.1) is 0 Å². The predicted octanol–water partition coefficient (Wildman–Crippen LogP) is 1.97. The van der Waals surface area contributed by atoms with E-state index in [4.69, 9.17) is 5.73 Å². The summed E-state index contributed by atoms with van der Waals surface area (Å²) in [6, 6.07) is 5.22. The van der Waals surface area contributed by atoms with E-state index < -0.39 is 0 Å². The van der Waals surface area contributed by atoms with Crippen molar-refractivity contribution in [3.8, 4) is 0 Å². The first-order chi connectivity index (χ1) is 7.54. The number of nitrogens with one attached hydrogen (secondary N) is 2. The van der Waals surface area contributed by atoms with E-state index in [0.29, 0.717) is 12.2 Å². The molecule has 1 rings (SSSR count). The van der Waals surface area contributed by atoms with Gasteiger partial charge in [-0.25, -0.2) is 0 Å². The average molecular weight is 286 g/mol. The lowest BCUT2D eigenvalue weighted by Gasteiger charge is -2.16. The molecule has 0 aromatic heterocycles. The lowest BCUT2D eigenvalue weighted by atomic mass is 10.2. The van der Waals surface area contributed by atoms with Crippen LogP contribution in [0.3, 0.4) is 0 Å². The number of carbonyl (C=O) groups excluding carboxylic acids is 1. The van der Waals surface area contributed by atoms with Crippen molar-refractivity contribution < 1.29 is 4.79 Å². The summed E-state index contributed by atoms with van der Waals surface area (Å²) in [5, 5.41) is 5.81. The maximum absolute atomic E-state index is 11.5. The highest BCUT2D eigenvalue weighted by Gasteiger charge is 2.12. The summed E-state index contributed by atoms with van der Waals surface area (Å²) in [5.41, 5.74) is 7.20. The number of nitrogens with two attached hydrogens (primary N) is 1. The molecule has 88 valence electrons. The summed E-state index contributed by atoms with van der Waals surface area (Å²) < 4.78 is 0.918. The molecule has 0 aliphatic carbocycles. The molecule has 0 radical (unpaired) electrons. The molecule has 0 bridgehead atoms. The number of carbonyl (C=O) groups is 1. The number of rotatable bonds is 4. The third-order valence-corrected chi connectivity index (χ3v) is 2.62. The number of nitrogen functional groups attached to an aromatic ring is 1. The third-order valence-electron chi connectivity index (χ3n) is 2.13. The molecule has 5 heteroatoms. The second kappa shape index (κ2) is 5.75. The number of hydrogen-bond acceptors (Lipinski definition) is 3. The predicted molar refractivity (Wildman–Crippen MR) is 70.3 cm³/mol. The summed E-state index contributed by atoms with van der Waals surface area (Å²) in [6.07, 6.45) is 0. The van der Waals surface area contributed by atoms with Crippen molar-refractivity contribution in [2.24, 2.45) is 0 Å². The molecule has 4 N–H and O–H groups in total. The Balaban J connectivity index is 2.69. The van der Waals surface area contributed by atoms with E-state index in [1.54, 1.807) is 13.0 Å². The maximum atomic E-state index is 11.5. The summed E-state index contributed by atoms with van der Waals surface area (Å²) in [5.74, 6) is -0.0372.